The van der Waals surface area contributed by atoms with Crippen LogP contribution in [0, 0.1) is 17.1 Å². The number of hydrogen-bond donors (Lipinski definition) is 2. The van der Waals surface area contributed by atoms with E-state index in [0.717, 1.165) is 24.2 Å². The van der Waals surface area contributed by atoms with Gasteiger partial charge in [0.2, 0.25) is 0 Å². The van der Waals surface area contributed by atoms with Crippen LogP contribution in [0.15, 0.2) is 42.5 Å². The molecule has 2 aromatic rings. The van der Waals surface area contributed by atoms with Crippen LogP contribution in [0.2, 0.25) is 0 Å². The van der Waals surface area contributed by atoms with Gasteiger partial charge in [0, 0.05) is 30.9 Å². The molecule has 0 spiro atoms. The van der Waals surface area contributed by atoms with Gasteiger partial charge in [-0.25, -0.2) is 4.39 Å². The van der Waals surface area contributed by atoms with Crippen LogP contribution in [0.3, 0.4) is 0 Å². The van der Waals surface area contributed by atoms with E-state index in [9.17, 15) is 9.50 Å². The summed E-state index contributed by atoms with van der Waals surface area (Å²) in [5.41, 5.74) is 2.38. The maximum Gasteiger partial charge on any atom is 0.165 e. The van der Waals surface area contributed by atoms with E-state index in [1.165, 1.54) is 13.2 Å². The van der Waals surface area contributed by atoms with E-state index >= 15 is 0 Å². The van der Waals surface area contributed by atoms with Crippen LogP contribution in [-0.4, -0.2) is 57.0 Å². The second kappa shape index (κ2) is 15.8. The number of halogens is 1. The Balaban J connectivity index is 0.00000298. The molecule has 0 amide bonds. The van der Waals surface area contributed by atoms with Gasteiger partial charge in [0.1, 0.15) is 6.79 Å². The summed E-state index contributed by atoms with van der Waals surface area (Å²) in [7, 11) is 1.44. The van der Waals surface area contributed by atoms with Crippen LogP contribution in [-0.2, 0) is 16.1 Å². The van der Waals surface area contributed by atoms with Gasteiger partial charge in [-0.15, -0.1) is 0 Å². The number of hydrogen-bond acceptors (Lipinski definition) is 7. The van der Waals surface area contributed by atoms with E-state index < -0.39 is 5.82 Å². The predicted molar refractivity (Wildman–Crippen MR) is 136 cm³/mol. The quantitative estimate of drug-likeness (QED) is 0.411. The van der Waals surface area contributed by atoms with Gasteiger partial charge in [-0.1, -0.05) is 6.07 Å². The minimum absolute atomic E-state index is 0.0284. The zero-order valence-electron chi connectivity index (χ0n) is 21.2. The van der Waals surface area contributed by atoms with Crippen molar-refractivity contribution in [2.24, 2.45) is 0 Å². The molecule has 0 saturated heterocycles. The summed E-state index contributed by atoms with van der Waals surface area (Å²) in [4.78, 5) is 10.1. The molecule has 192 valence electrons. The Morgan fingerprint density at radius 2 is 1.89 bits per heavy atom. The predicted octanol–water partition coefficient (Wildman–Crippen LogP) is 4.07. The number of methoxy groups -OCH3 is 1. The zero-order chi connectivity index (χ0) is 26.3. The third-order valence-corrected chi connectivity index (χ3v) is 5.22. The number of ether oxygens (including phenoxy) is 2. The highest BCUT2D eigenvalue weighted by Crippen LogP contribution is 2.23. The van der Waals surface area contributed by atoms with Crippen molar-refractivity contribution in [1.82, 2.24) is 5.32 Å². The van der Waals surface area contributed by atoms with Crippen LogP contribution in [0.5, 0.6) is 5.75 Å². The van der Waals surface area contributed by atoms with E-state index in [2.05, 4.69) is 37.1 Å². The van der Waals surface area contributed by atoms with E-state index in [1.807, 2.05) is 25.0 Å². The number of aliphatic hydroxyl groups is 1. The molecule has 0 aliphatic heterocycles. The van der Waals surface area contributed by atoms with Gasteiger partial charge in [0.25, 0.3) is 0 Å². The molecule has 35 heavy (non-hydrogen) atoms. The van der Waals surface area contributed by atoms with Crippen molar-refractivity contribution in [1.29, 1.82) is 5.26 Å². The van der Waals surface area contributed by atoms with Gasteiger partial charge in [-0.3, -0.25) is 0 Å². The Morgan fingerprint density at radius 1 is 1.20 bits per heavy atom. The fourth-order valence-corrected chi connectivity index (χ4v) is 3.46. The molecule has 0 bridgehead atoms. The lowest BCUT2D eigenvalue weighted by molar-refractivity contribution is -0.0980. The molecular formula is C27H38FN3O4. The summed E-state index contributed by atoms with van der Waals surface area (Å²) in [5, 5.41) is 22.2. The maximum atomic E-state index is 14.2. The summed E-state index contributed by atoms with van der Waals surface area (Å²) in [6.45, 7) is 10.7. The average Bonchev–Trinajstić information content (AvgIpc) is 2.85. The number of anilines is 1. The van der Waals surface area contributed by atoms with Gasteiger partial charge in [-0.2, -0.15) is 5.26 Å². The highest BCUT2D eigenvalue weighted by molar-refractivity contribution is 5.50. The molecule has 0 aromatic heterocycles. The third kappa shape index (κ3) is 11.3. The third-order valence-electron chi connectivity index (χ3n) is 5.22. The van der Waals surface area contributed by atoms with Crippen molar-refractivity contribution in [2.45, 2.75) is 51.8 Å². The molecule has 0 aliphatic carbocycles. The second-order valence-electron chi connectivity index (χ2n) is 9.04. The molecule has 0 saturated carbocycles. The summed E-state index contributed by atoms with van der Waals surface area (Å²) in [6.07, 6.45) is 1.26. The van der Waals surface area contributed by atoms with Crippen LogP contribution >= 0.6 is 0 Å². The van der Waals surface area contributed by atoms with Gasteiger partial charge in [-0.05, 0) is 75.6 Å². The SMILES string of the molecule is C=O.COc1ccc(CN(CCCC(CO)OCCNC(C)(C)C)c2ccc(C#N)cc2)cc1F. The first-order chi connectivity index (χ1) is 16.8. The average molecular weight is 488 g/mol. The molecule has 2 aromatic carbocycles. The lowest BCUT2D eigenvalue weighted by Crippen LogP contribution is -2.38. The zero-order valence-corrected chi connectivity index (χ0v) is 21.2. The Morgan fingerprint density at radius 3 is 2.43 bits per heavy atom. The van der Waals surface area contributed by atoms with Crippen LogP contribution in [0.1, 0.15) is 44.7 Å². The van der Waals surface area contributed by atoms with Crippen LogP contribution in [0.25, 0.3) is 0 Å². The first kappa shape index (κ1) is 30.0. The van der Waals surface area contributed by atoms with Crippen molar-refractivity contribution in [3.05, 3.63) is 59.4 Å². The number of benzene rings is 2. The molecule has 1 unspecified atom stereocenters. The molecule has 2 rings (SSSR count). The summed E-state index contributed by atoms with van der Waals surface area (Å²) in [6, 6.07) is 14.4. The van der Waals surface area contributed by atoms with Gasteiger partial charge in [0.05, 0.1) is 38.1 Å². The standard InChI is InChI=1S/C26H36FN3O3.CH2O/c1-26(2,3)29-13-15-33-23(19-31)6-5-14-30(22-10-7-20(17-28)8-11-22)18-21-9-12-25(32-4)24(27)16-21;1-2/h7-12,16,23,29,31H,5-6,13-15,18-19H2,1-4H3;1H2. The first-order valence-electron chi connectivity index (χ1n) is 11.6. The van der Waals surface area contributed by atoms with Crippen molar-refractivity contribution in [3.63, 3.8) is 0 Å². The van der Waals surface area contributed by atoms with Crippen molar-refractivity contribution < 1.29 is 23.8 Å². The number of carbonyl (C=O) groups excluding carboxylic acids is 1. The first-order valence-corrected chi connectivity index (χ1v) is 11.6. The fourth-order valence-electron chi connectivity index (χ4n) is 3.46. The molecule has 1 atom stereocenters. The highest BCUT2D eigenvalue weighted by Gasteiger charge is 2.14. The molecule has 8 heteroatoms. The number of rotatable bonds is 13. The number of carbonyl (C=O) groups is 1. The van der Waals surface area contributed by atoms with Gasteiger partial charge < -0.3 is 29.6 Å². The van der Waals surface area contributed by atoms with Crippen molar-refractivity contribution in [2.75, 3.05) is 38.3 Å². The largest absolute Gasteiger partial charge is 0.494 e. The Kier molecular flexibility index (Phi) is 13.6. The molecule has 0 radical (unpaired) electrons. The van der Waals surface area contributed by atoms with Gasteiger partial charge >= 0.3 is 0 Å². The summed E-state index contributed by atoms with van der Waals surface area (Å²) < 4.78 is 25.0. The number of aliphatic hydroxyl groups excluding tert-OH is 1. The lowest BCUT2D eigenvalue weighted by Gasteiger charge is -2.26. The van der Waals surface area contributed by atoms with E-state index in [4.69, 9.17) is 19.5 Å². The summed E-state index contributed by atoms with van der Waals surface area (Å²) in [5.74, 6) is -0.181. The maximum absolute atomic E-state index is 14.2. The van der Waals surface area contributed by atoms with Crippen molar-refractivity contribution >= 4 is 12.5 Å². The molecule has 0 fully saturated rings. The number of nitrogens with one attached hydrogen (secondary N) is 1. The molecular weight excluding hydrogens is 449 g/mol. The van der Waals surface area contributed by atoms with Crippen molar-refractivity contribution in [3.8, 4) is 11.8 Å². The minimum atomic E-state index is -0.396. The monoisotopic (exact) mass is 487 g/mol. The smallest absolute Gasteiger partial charge is 0.165 e. The van der Waals surface area contributed by atoms with Crippen LogP contribution < -0.4 is 15.0 Å². The van der Waals surface area contributed by atoms with E-state index in [0.29, 0.717) is 31.7 Å². The van der Waals surface area contributed by atoms with E-state index in [1.54, 1.807) is 18.2 Å². The Labute approximate surface area is 208 Å². The molecule has 0 aliphatic rings. The molecule has 0 heterocycles. The molecule has 2 N–H and O–H groups in total. The topological polar surface area (TPSA) is 94.8 Å². The fraction of sp³-hybridized carbons (Fsp3) is 0.481. The second-order valence-corrected chi connectivity index (χ2v) is 9.04. The van der Waals surface area contributed by atoms with Gasteiger partial charge in [0.15, 0.2) is 11.6 Å². The highest BCUT2D eigenvalue weighted by atomic mass is 19.1. The minimum Gasteiger partial charge on any atom is -0.494 e. The van der Waals surface area contributed by atoms with E-state index in [-0.39, 0.29) is 24.0 Å². The number of nitriles is 1. The lowest BCUT2D eigenvalue weighted by atomic mass is 10.1. The number of nitrogens with zero attached hydrogens (tertiary/aromatic N) is 2. The normalized spacial score (nSPS) is 11.7. The Bertz CT molecular complexity index is 910. The Hall–Kier alpha value is -2.99. The summed E-state index contributed by atoms with van der Waals surface area (Å²) >= 11 is 0. The van der Waals surface area contributed by atoms with Crippen LogP contribution in [0.4, 0.5) is 10.1 Å². The molecule has 7 nitrogen and oxygen atoms in total.